The lowest BCUT2D eigenvalue weighted by atomic mass is 10.3. The van der Waals surface area contributed by atoms with Crippen LogP contribution in [0.15, 0.2) is 12.7 Å². The van der Waals surface area contributed by atoms with Gasteiger partial charge in [0, 0.05) is 19.2 Å². The first-order valence-corrected chi connectivity index (χ1v) is 4.86. The zero-order valence-corrected chi connectivity index (χ0v) is 9.12. The van der Waals surface area contributed by atoms with Crippen molar-refractivity contribution in [2.75, 3.05) is 19.8 Å². The monoisotopic (exact) mass is 202 g/mol. The van der Waals surface area contributed by atoms with Crippen LogP contribution in [-0.2, 0) is 4.74 Å². The molecule has 2 N–H and O–H groups in total. The van der Waals surface area contributed by atoms with E-state index in [-0.39, 0.29) is 6.04 Å². The van der Waals surface area contributed by atoms with E-state index in [0.29, 0.717) is 11.7 Å². The van der Waals surface area contributed by atoms with Crippen molar-refractivity contribution in [3.05, 3.63) is 12.7 Å². The highest BCUT2D eigenvalue weighted by molar-refractivity contribution is 7.80. The summed E-state index contributed by atoms with van der Waals surface area (Å²) in [4.78, 5) is 0. The molecule has 1 unspecified atom stereocenters. The highest BCUT2D eigenvalue weighted by atomic mass is 32.1. The molecule has 0 aromatic carbocycles. The van der Waals surface area contributed by atoms with Crippen molar-refractivity contribution in [3.63, 3.8) is 0 Å². The summed E-state index contributed by atoms with van der Waals surface area (Å²) in [6.45, 7) is 9.77. The molecular formula is C9H18N2OS. The largest absolute Gasteiger partial charge is 0.380 e. The van der Waals surface area contributed by atoms with Crippen LogP contribution in [0.3, 0.4) is 0 Å². The van der Waals surface area contributed by atoms with Crippen molar-refractivity contribution in [2.45, 2.75) is 19.9 Å². The summed E-state index contributed by atoms with van der Waals surface area (Å²) in [5.41, 5.74) is 0. The Morgan fingerprint density at radius 1 is 1.69 bits per heavy atom. The second-order valence-corrected chi connectivity index (χ2v) is 3.03. The predicted octanol–water partition coefficient (Wildman–Crippen LogP) is 1.06. The molecule has 0 radical (unpaired) electrons. The van der Waals surface area contributed by atoms with Crippen LogP contribution in [-0.4, -0.2) is 30.9 Å². The predicted molar refractivity (Wildman–Crippen MR) is 59.9 cm³/mol. The standard InChI is InChI=1S/C9H18N2OS/c1-4-8(3)11-9(13)10-6-7-12-5-2/h4,8H,1,5-7H2,2-3H3,(H2,10,11,13). The molecule has 0 aromatic heterocycles. The first-order valence-electron chi connectivity index (χ1n) is 4.45. The molecule has 0 aliphatic heterocycles. The summed E-state index contributed by atoms with van der Waals surface area (Å²) >= 11 is 5.02. The quantitative estimate of drug-likeness (QED) is 0.383. The van der Waals surface area contributed by atoms with Crippen LogP contribution in [0.2, 0.25) is 0 Å². The van der Waals surface area contributed by atoms with Crippen LogP contribution < -0.4 is 10.6 Å². The Hall–Kier alpha value is -0.610. The van der Waals surface area contributed by atoms with Gasteiger partial charge in [-0.05, 0) is 26.1 Å². The molecule has 1 atom stereocenters. The van der Waals surface area contributed by atoms with E-state index in [0.717, 1.165) is 13.2 Å². The molecule has 0 fully saturated rings. The lowest BCUT2D eigenvalue weighted by Gasteiger charge is -2.13. The van der Waals surface area contributed by atoms with Crippen LogP contribution in [0.4, 0.5) is 0 Å². The molecule has 0 spiro atoms. The number of hydrogen-bond acceptors (Lipinski definition) is 2. The van der Waals surface area contributed by atoms with E-state index >= 15 is 0 Å². The van der Waals surface area contributed by atoms with E-state index in [2.05, 4.69) is 17.2 Å². The fourth-order valence-corrected chi connectivity index (χ4v) is 0.986. The van der Waals surface area contributed by atoms with Crippen molar-refractivity contribution in [3.8, 4) is 0 Å². The SMILES string of the molecule is C=CC(C)NC(=S)NCCOCC. The Morgan fingerprint density at radius 3 is 2.92 bits per heavy atom. The molecular weight excluding hydrogens is 184 g/mol. The number of nitrogens with one attached hydrogen (secondary N) is 2. The van der Waals surface area contributed by atoms with Gasteiger partial charge in [0.2, 0.25) is 0 Å². The average Bonchev–Trinajstić information content (AvgIpc) is 2.12. The van der Waals surface area contributed by atoms with E-state index in [1.54, 1.807) is 6.08 Å². The van der Waals surface area contributed by atoms with Gasteiger partial charge in [-0.15, -0.1) is 6.58 Å². The topological polar surface area (TPSA) is 33.3 Å². The summed E-state index contributed by atoms with van der Waals surface area (Å²) in [5.74, 6) is 0. The number of hydrogen-bond donors (Lipinski definition) is 2. The van der Waals surface area contributed by atoms with Gasteiger partial charge in [0.05, 0.1) is 6.61 Å². The smallest absolute Gasteiger partial charge is 0.166 e. The molecule has 4 heteroatoms. The van der Waals surface area contributed by atoms with E-state index in [9.17, 15) is 0 Å². The molecule has 13 heavy (non-hydrogen) atoms. The summed E-state index contributed by atoms with van der Waals surface area (Å²) in [6, 6.07) is 0.201. The van der Waals surface area contributed by atoms with Crippen LogP contribution in [0.25, 0.3) is 0 Å². The van der Waals surface area contributed by atoms with Gasteiger partial charge in [-0.3, -0.25) is 0 Å². The van der Waals surface area contributed by atoms with Crippen LogP contribution >= 0.6 is 12.2 Å². The third kappa shape index (κ3) is 7.74. The normalized spacial score (nSPS) is 11.8. The molecule has 76 valence electrons. The first kappa shape index (κ1) is 12.4. The minimum atomic E-state index is 0.201. The molecule has 3 nitrogen and oxygen atoms in total. The Kier molecular flexibility index (Phi) is 7.63. The summed E-state index contributed by atoms with van der Waals surface area (Å²) in [7, 11) is 0. The van der Waals surface area contributed by atoms with Crippen molar-refractivity contribution < 1.29 is 4.74 Å². The van der Waals surface area contributed by atoms with Crippen LogP contribution in [0.1, 0.15) is 13.8 Å². The Bertz CT molecular complexity index is 162. The number of ether oxygens (including phenoxy) is 1. The van der Waals surface area contributed by atoms with Gasteiger partial charge in [0.15, 0.2) is 5.11 Å². The van der Waals surface area contributed by atoms with Crippen molar-refractivity contribution >= 4 is 17.3 Å². The average molecular weight is 202 g/mol. The highest BCUT2D eigenvalue weighted by Crippen LogP contribution is 1.81. The third-order valence-electron chi connectivity index (χ3n) is 1.45. The van der Waals surface area contributed by atoms with E-state index in [4.69, 9.17) is 17.0 Å². The lowest BCUT2D eigenvalue weighted by Crippen LogP contribution is -2.40. The van der Waals surface area contributed by atoms with Gasteiger partial charge in [-0.1, -0.05) is 6.08 Å². The van der Waals surface area contributed by atoms with E-state index < -0.39 is 0 Å². The minimum Gasteiger partial charge on any atom is -0.380 e. The van der Waals surface area contributed by atoms with Gasteiger partial charge in [0.1, 0.15) is 0 Å². The Labute approximate surface area is 85.5 Å². The minimum absolute atomic E-state index is 0.201. The third-order valence-corrected chi connectivity index (χ3v) is 1.71. The van der Waals surface area contributed by atoms with Gasteiger partial charge >= 0.3 is 0 Å². The van der Waals surface area contributed by atoms with Crippen LogP contribution in [0, 0.1) is 0 Å². The van der Waals surface area contributed by atoms with Gasteiger partial charge in [-0.2, -0.15) is 0 Å². The van der Waals surface area contributed by atoms with E-state index in [1.165, 1.54) is 0 Å². The lowest BCUT2D eigenvalue weighted by molar-refractivity contribution is 0.152. The zero-order chi connectivity index (χ0) is 10.1. The zero-order valence-electron chi connectivity index (χ0n) is 8.30. The van der Waals surface area contributed by atoms with Gasteiger partial charge in [0.25, 0.3) is 0 Å². The maximum Gasteiger partial charge on any atom is 0.166 e. The van der Waals surface area contributed by atoms with Crippen molar-refractivity contribution in [1.29, 1.82) is 0 Å². The molecule has 0 bridgehead atoms. The van der Waals surface area contributed by atoms with Gasteiger partial charge in [-0.25, -0.2) is 0 Å². The fraction of sp³-hybridized carbons (Fsp3) is 0.667. The maximum absolute atomic E-state index is 5.15. The van der Waals surface area contributed by atoms with E-state index in [1.807, 2.05) is 13.8 Å². The Balaban J connectivity index is 3.35. The molecule has 0 saturated heterocycles. The second kappa shape index (κ2) is 8.01. The molecule has 0 aromatic rings. The molecule has 0 heterocycles. The molecule has 0 saturated carbocycles. The summed E-state index contributed by atoms with van der Waals surface area (Å²) in [6.07, 6.45) is 1.80. The fourth-order valence-electron chi connectivity index (χ4n) is 0.698. The van der Waals surface area contributed by atoms with Gasteiger partial charge < -0.3 is 15.4 Å². The summed E-state index contributed by atoms with van der Waals surface area (Å²) < 4.78 is 5.15. The molecule has 0 aliphatic rings. The molecule has 0 aliphatic carbocycles. The molecule has 0 rings (SSSR count). The second-order valence-electron chi connectivity index (χ2n) is 2.62. The number of thiocarbonyl (C=S) groups is 1. The van der Waals surface area contributed by atoms with Crippen LogP contribution in [0.5, 0.6) is 0 Å². The molecule has 0 amide bonds. The van der Waals surface area contributed by atoms with Crippen molar-refractivity contribution in [2.24, 2.45) is 0 Å². The summed E-state index contributed by atoms with van der Waals surface area (Å²) in [5, 5.41) is 6.73. The van der Waals surface area contributed by atoms with Crippen molar-refractivity contribution in [1.82, 2.24) is 10.6 Å². The Morgan fingerprint density at radius 2 is 2.38 bits per heavy atom. The first-order chi connectivity index (χ1) is 6.20. The highest BCUT2D eigenvalue weighted by Gasteiger charge is 1.97. The number of rotatable bonds is 6. The maximum atomic E-state index is 5.15.